The van der Waals surface area contributed by atoms with Crippen LogP contribution in [0.2, 0.25) is 5.02 Å². The van der Waals surface area contributed by atoms with Gasteiger partial charge in [0.1, 0.15) is 10.8 Å². The minimum Gasteiger partial charge on any atom is -0.310 e. The first-order chi connectivity index (χ1) is 9.02. The molecular weight excluding hydrogens is 283 g/mol. The van der Waals surface area contributed by atoms with Crippen LogP contribution >= 0.6 is 22.9 Å². The van der Waals surface area contributed by atoms with E-state index in [1.54, 1.807) is 12.1 Å². The smallest absolute Gasteiger partial charge is 0.134 e. The Morgan fingerprint density at radius 2 is 2.21 bits per heavy atom. The summed E-state index contributed by atoms with van der Waals surface area (Å²) in [5.74, 6) is -0.330. The summed E-state index contributed by atoms with van der Waals surface area (Å²) in [6, 6.07) is 4.91. The second-order valence-electron chi connectivity index (χ2n) is 4.37. The van der Waals surface area contributed by atoms with E-state index >= 15 is 0 Å². The summed E-state index contributed by atoms with van der Waals surface area (Å²) in [6.07, 6.45) is 0. The van der Waals surface area contributed by atoms with Gasteiger partial charge < -0.3 is 5.32 Å². The maximum atomic E-state index is 13.9. The first-order valence-electron chi connectivity index (χ1n) is 6.19. The summed E-state index contributed by atoms with van der Waals surface area (Å²) in [7, 11) is 0. The van der Waals surface area contributed by atoms with Gasteiger partial charge in [-0.2, -0.15) is 0 Å². The fourth-order valence-corrected chi connectivity index (χ4v) is 3.27. The Balaban J connectivity index is 2.39. The zero-order chi connectivity index (χ0) is 14.0. The lowest BCUT2D eigenvalue weighted by atomic mass is 10.2. The van der Waals surface area contributed by atoms with Crippen LogP contribution in [0.4, 0.5) is 4.39 Å². The molecule has 102 valence electrons. The van der Waals surface area contributed by atoms with Gasteiger partial charge in [0.25, 0.3) is 0 Å². The topological polar surface area (TPSA) is 24.9 Å². The van der Waals surface area contributed by atoms with Crippen LogP contribution in [0, 0.1) is 12.7 Å². The van der Waals surface area contributed by atoms with E-state index in [2.05, 4.69) is 24.1 Å². The Kier molecular flexibility index (Phi) is 4.55. The van der Waals surface area contributed by atoms with E-state index in [0.717, 1.165) is 17.1 Å². The SMILES string of the molecule is CCNC(C)c1sc(-c2ccc(Cl)cc2F)nc1C. The van der Waals surface area contributed by atoms with Crippen molar-refractivity contribution in [3.05, 3.63) is 39.6 Å². The standard InChI is InChI=1S/C14H16ClFN2S/c1-4-17-8(2)13-9(3)18-14(19-13)11-6-5-10(15)7-12(11)16/h5-8,17H,4H2,1-3H3. The normalized spacial score (nSPS) is 12.7. The van der Waals surface area contributed by atoms with Gasteiger partial charge in [-0.1, -0.05) is 18.5 Å². The van der Waals surface area contributed by atoms with Crippen LogP contribution in [0.15, 0.2) is 18.2 Å². The molecule has 0 radical (unpaired) electrons. The number of benzene rings is 1. The Bertz CT molecular complexity index is 583. The third kappa shape index (κ3) is 3.14. The van der Waals surface area contributed by atoms with Crippen LogP contribution in [0.1, 0.15) is 30.5 Å². The monoisotopic (exact) mass is 298 g/mol. The number of rotatable bonds is 4. The van der Waals surface area contributed by atoms with Crippen molar-refractivity contribution in [2.75, 3.05) is 6.54 Å². The van der Waals surface area contributed by atoms with Gasteiger partial charge in [-0.05, 0) is 38.6 Å². The van der Waals surface area contributed by atoms with E-state index < -0.39 is 0 Å². The molecule has 2 rings (SSSR count). The van der Waals surface area contributed by atoms with Gasteiger partial charge in [-0.3, -0.25) is 0 Å². The van der Waals surface area contributed by atoms with Crippen LogP contribution in [0.25, 0.3) is 10.6 Å². The number of nitrogens with zero attached hydrogens (tertiary/aromatic N) is 1. The lowest BCUT2D eigenvalue weighted by molar-refractivity contribution is 0.603. The molecule has 0 saturated carbocycles. The average Bonchev–Trinajstić information content (AvgIpc) is 2.71. The fourth-order valence-electron chi connectivity index (χ4n) is 1.99. The molecule has 1 heterocycles. The fraction of sp³-hybridized carbons (Fsp3) is 0.357. The Hall–Kier alpha value is -0.970. The van der Waals surface area contributed by atoms with Crippen molar-refractivity contribution in [1.82, 2.24) is 10.3 Å². The van der Waals surface area contributed by atoms with Crippen molar-refractivity contribution in [1.29, 1.82) is 0 Å². The van der Waals surface area contributed by atoms with Crippen molar-refractivity contribution in [3.8, 4) is 10.6 Å². The van der Waals surface area contributed by atoms with Crippen molar-refractivity contribution < 1.29 is 4.39 Å². The molecule has 1 unspecified atom stereocenters. The van der Waals surface area contributed by atoms with Crippen LogP contribution in [-0.4, -0.2) is 11.5 Å². The lowest BCUT2D eigenvalue weighted by Gasteiger charge is -2.09. The number of aromatic nitrogens is 1. The quantitative estimate of drug-likeness (QED) is 0.893. The minimum absolute atomic E-state index is 0.228. The second kappa shape index (κ2) is 5.99. The summed E-state index contributed by atoms with van der Waals surface area (Å²) >= 11 is 7.29. The molecule has 0 amide bonds. The highest BCUT2D eigenvalue weighted by molar-refractivity contribution is 7.15. The minimum atomic E-state index is -0.330. The van der Waals surface area contributed by atoms with Gasteiger partial charge in [0.15, 0.2) is 0 Å². The molecule has 0 bridgehead atoms. The van der Waals surface area contributed by atoms with Crippen LogP contribution < -0.4 is 5.32 Å². The summed E-state index contributed by atoms with van der Waals surface area (Å²) in [4.78, 5) is 5.61. The highest BCUT2D eigenvalue weighted by Gasteiger charge is 2.16. The number of halogens is 2. The number of thiazole rings is 1. The summed E-state index contributed by atoms with van der Waals surface area (Å²) in [5.41, 5.74) is 1.45. The number of aryl methyl sites for hydroxylation is 1. The predicted molar refractivity (Wildman–Crippen MR) is 79.3 cm³/mol. The molecule has 1 aromatic heterocycles. The van der Waals surface area contributed by atoms with Gasteiger partial charge >= 0.3 is 0 Å². The molecule has 1 atom stereocenters. The molecule has 1 aromatic carbocycles. The van der Waals surface area contributed by atoms with Gasteiger partial charge in [-0.15, -0.1) is 11.3 Å². The maximum absolute atomic E-state index is 13.9. The van der Waals surface area contributed by atoms with E-state index in [-0.39, 0.29) is 11.9 Å². The molecular formula is C14H16ClFN2S. The third-order valence-corrected chi connectivity index (χ3v) is 4.51. The molecule has 0 fully saturated rings. The summed E-state index contributed by atoms with van der Waals surface area (Å²) < 4.78 is 13.9. The Morgan fingerprint density at radius 1 is 1.47 bits per heavy atom. The second-order valence-corrected chi connectivity index (χ2v) is 5.84. The largest absolute Gasteiger partial charge is 0.310 e. The zero-order valence-corrected chi connectivity index (χ0v) is 12.7. The molecule has 0 saturated heterocycles. The lowest BCUT2D eigenvalue weighted by Crippen LogP contribution is -2.17. The average molecular weight is 299 g/mol. The molecule has 0 aliphatic heterocycles. The zero-order valence-electron chi connectivity index (χ0n) is 11.1. The molecule has 0 aliphatic rings. The van der Waals surface area contributed by atoms with Gasteiger partial charge in [0.2, 0.25) is 0 Å². The molecule has 0 spiro atoms. The summed E-state index contributed by atoms with van der Waals surface area (Å²) in [6.45, 7) is 7.00. The van der Waals surface area contributed by atoms with Crippen LogP contribution in [0.5, 0.6) is 0 Å². The van der Waals surface area contributed by atoms with E-state index in [1.807, 2.05) is 6.92 Å². The van der Waals surface area contributed by atoms with Crippen molar-refractivity contribution in [3.63, 3.8) is 0 Å². The van der Waals surface area contributed by atoms with Crippen LogP contribution in [0.3, 0.4) is 0 Å². The van der Waals surface area contributed by atoms with Crippen molar-refractivity contribution in [2.45, 2.75) is 26.8 Å². The molecule has 2 nitrogen and oxygen atoms in total. The predicted octanol–water partition coefficient (Wildman–Crippen LogP) is 4.58. The highest BCUT2D eigenvalue weighted by atomic mass is 35.5. The first kappa shape index (κ1) is 14.4. The van der Waals surface area contributed by atoms with Gasteiger partial charge in [-0.25, -0.2) is 9.37 Å². The van der Waals surface area contributed by atoms with Gasteiger partial charge in [0, 0.05) is 21.5 Å². The van der Waals surface area contributed by atoms with Crippen LogP contribution in [-0.2, 0) is 0 Å². The number of nitrogens with one attached hydrogen (secondary N) is 1. The number of hydrogen-bond acceptors (Lipinski definition) is 3. The third-order valence-electron chi connectivity index (χ3n) is 2.90. The Morgan fingerprint density at radius 3 is 2.84 bits per heavy atom. The van der Waals surface area contributed by atoms with E-state index in [4.69, 9.17) is 11.6 Å². The number of hydrogen-bond donors (Lipinski definition) is 1. The van der Waals surface area contributed by atoms with E-state index in [0.29, 0.717) is 15.6 Å². The molecule has 5 heteroatoms. The van der Waals surface area contributed by atoms with E-state index in [9.17, 15) is 4.39 Å². The molecule has 19 heavy (non-hydrogen) atoms. The Labute approximate surface area is 121 Å². The van der Waals surface area contributed by atoms with Crippen molar-refractivity contribution >= 4 is 22.9 Å². The summed E-state index contributed by atoms with van der Waals surface area (Å²) in [5, 5.41) is 4.45. The molecule has 0 aliphatic carbocycles. The first-order valence-corrected chi connectivity index (χ1v) is 7.38. The van der Waals surface area contributed by atoms with Crippen molar-refractivity contribution in [2.24, 2.45) is 0 Å². The maximum Gasteiger partial charge on any atom is 0.134 e. The van der Waals surface area contributed by atoms with E-state index in [1.165, 1.54) is 17.4 Å². The molecule has 1 N–H and O–H groups in total. The molecule has 2 aromatic rings. The highest BCUT2D eigenvalue weighted by Crippen LogP contribution is 2.33. The van der Waals surface area contributed by atoms with Gasteiger partial charge in [0.05, 0.1) is 5.69 Å².